The molecule has 0 saturated heterocycles. The van der Waals surface area contributed by atoms with Crippen molar-refractivity contribution in [2.75, 3.05) is 13.6 Å². The zero-order valence-electron chi connectivity index (χ0n) is 12.1. The molecule has 1 amide bonds. The van der Waals surface area contributed by atoms with E-state index in [9.17, 15) is 4.79 Å². The molecule has 4 heteroatoms. The van der Waals surface area contributed by atoms with E-state index in [0.717, 1.165) is 23.4 Å². The summed E-state index contributed by atoms with van der Waals surface area (Å²) in [6.45, 7) is 1.00. The Morgan fingerprint density at radius 3 is 2.70 bits per heavy atom. The molecule has 0 unspecified atom stereocenters. The third kappa shape index (κ3) is 4.22. The van der Waals surface area contributed by atoms with Crippen molar-refractivity contribution in [3.63, 3.8) is 0 Å². The molecule has 0 bridgehead atoms. The lowest BCUT2D eigenvalue weighted by molar-refractivity contribution is -0.131. The van der Waals surface area contributed by atoms with Gasteiger partial charge in [-0.05, 0) is 24.5 Å². The second kappa shape index (κ2) is 7.65. The Morgan fingerprint density at radius 2 is 2.00 bits per heavy atom. The summed E-state index contributed by atoms with van der Waals surface area (Å²) in [4.78, 5) is 14.1. The van der Waals surface area contributed by atoms with E-state index < -0.39 is 0 Å². The smallest absolute Gasteiger partial charge is 0.236 e. The highest BCUT2D eigenvalue weighted by Crippen LogP contribution is 2.21. The largest absolute Gasteiger partial charge is 0.342 e. The highest BCUT2D eigenvalue weighted by molar-refractivity contribution is 6.31. The monoisotopic (exact) mass is 294 g/mol. The predicted octanol–water partition coefficient (Wildman–Crippen LogP) is 3.22. The molecule has 0 spiro atoms. The normalized spacial score (nSPS) is 16.1. The molecule has 1 aromatic rings. The average molecular weight is 295 g/mol. The van der Waals surface area contributed by atoms with Gasteiger partial charge in [-0.15, -0.1) is 0 Å². The average Bonchev–Trinajstić information content (AvgIpc) is 2.49. The lowest BCUT2D eigenvalue weighted by Gasteiger charge is -2.31. The summed E-state index contributed by atoms with van der Waals surface area (Å²) in [6, 6.07) is 8.14. The fourth-order valence-corrected chi connectivity index (χ4v) is 2.95. The van der Waals surface area contributed by atoms with E-state index in [1.54, 1.807) is 0 Å². The van der Waals surface area contributed by atoms with E-state index in [1.807, 2.05) is 36.2 Å². The molecule has 0 heterocycles. The van der Waals surface area contributed by atoms with Crippen molar-refractivity contribution >= 4 is 17.5 Å². The Bertz CT molecular complexity index is 444. The van der Waals surface area contributed by atoms with Gasteiger partial charge in [-0.25, -0.2) is 0 Å². The summed E-state index contributed by atoms with van der Waals surface area (Å²) < 4.78 is 0. The van der Waals surface area contributed by atoms with Gasteiger partial charge < -0.3 is 10.2 Å². The zero-order chi connectivity index (χ0) is 14.4. The van der Waals surface area contributed by atoms with Crippen molar-refractivity contribution in [1.82, 2.24) is 10.2 Å². The number of carbonyl (C=O) groups is 1. The number of amides is 1. The Morgan fingerprint density at radius 1 is 1.30 bits per heavy atom. The molecule has 1 N–H and O–H groups in total. The number of hydrogen-bond donors (Lipinski definition) is 1. The molecule has 0 aliphatic heterocycles. The molecule has 0 aromatic heterocycles. The van der Waals surface area contributed by atoms with Crippen LogP contribution in [-0.2, 0) is 11.3 Å². The lowest BCUT2D eigenvalue weighted by atomic mass is 9.94. The van der Waals surface area contributed by atoms with Crippen LogP contribution in [0.5, 0.6) is 0 Å². The van der Waals surface area contributed by atoms with Crippen molar-refractivity contribution in [2.45, 2.75) is 44.7 Å². The first-order valence-electron chi connectivity index (χ1n) is 7.38. The summed E-state index contributed by atoms with van der Waals surface area (Å²) in [5, 5.41) is 3.93. The van der Waals surface area contributed by atoms with Crippen LogP contribution in [0.2, 0.25) is 5.02 Å². The van der Waals surface area contributed by atoms with Gasteiger partial charge in [0.25, 0.3) is 0 Å². The van der Waals surface area contributed by atoms with Gasteiger partial charge in [-0.3, -0.25) is 4.79 Å². The fourth-order valence-electron chi connectivity index (χ4n) is 2.74. The summed E-state index contributed by atoms with van der Waals surface area (Å²) in [6.07, 6.45) is 6.09. The van der Waals surface area contributed by atoms with Gasteiger partial charge in [0, 0.05) is 24.7 Å². The second-order valence-corrected chi connectivity index (χ2v) is 5.90. The Kier molecular flexibility index (Phi) is 5.86. The van der Waals surface area contributed by atoms with Crippen LogP contribution in [-0.4, -0.2) is 30.4 Å². The van der Waals surface area contributed by atoms with Crippen LogP contribution in [0.15, 0.2) is 24.3 Å². The van der Waals surface area contributed by atoms with E-state index >= 15 is 0 Å². The maximum atomic E-state index is 12.1. The van der Waals surface area contributed by atoms with Crippen molar-refractivity contribution < 1.29 is 4.79 Å². The number of halogens is 1. The van der Waals surface area contributed by atoms with Crippen LogP contribution < -0.4 is 5.32 Å². The van der Waals surface area contributed by atoms with Gasteiger partial charge in [0.15, 0.2) is 0 Å². The van der Waals surface area contributed by atoms with Crippen molar-refractivity contribution in [3.05, 3.63) is 34.9 Å². The number of likely N-dealkylation sites (N-methyl/N-ethyl adjacent to an activating group) is 1. The predicted molar refractivity (Wildman–Crippen MR) is 82.8 cm³/mol. The highest BCUT2D eigenvalue weighted by atomic mass is 35.5. The molecular formula is C16H23ClN2O. The molecule has 1 fully saturated rings. The molecule has 3 nitrogen and oxygen atoms in total. The number of nitrogens with one attached hydrogen (secondary N) is 1. The molecule has 2 rings (SSSR count). The number of carbonyl (C=O) groups excluding carboxylic acids is 1. The Labute approximate surface area is 126 Å². The lowest BCUT2D eigenvalue weighted by Crippen LogP contribution is -2.42. The molecular weight excluding hydrogens is 272 g/mol. The maximum absolute atomic E-state index is 12.1. The fraction of sp³-hybridized carbons (Fsp3) is 0.562. The number of nitrogens with zero attached hydrogens (tertiary/aromatic N) is 1. The van der Waals surface area contributed by atoms with Gasteiger partial charge in [0.2, 0.25) is 5.91 Å². The van der Waals surface area contributed by atoms with Crippen LogP contribution in [0, 0.1) is 0 Å². The minimum absolute atomic E-state index is 0.170. The van der Waals surface area contributed by atoms with E-state index in [-0.39, 0.29) is 5.91 Å². The van der Waals surface area contributed by atoms with Gasteiger partial charge in [0.1, 0.15) is 0 Å². The minimum atomic E-state index is 0.170. The molecule has 110 valence electrons. The molecule has 1 saturated carbocycles. The molecule has 1 aliphatic rings. The Hall–Kier alpha value is -1.06. The van der Waals surface area contributed by atoms with Crippen LogP contribution in [0.3, 0.4) is 0 Å². The first-order chi connectivity index (χ1) is 9.68. The molecule has 1 aliphatic carbocycles. The highest BCUT2D eigenvalue weighted by Gasteiger charge is 2.21. The number of rotatable bonds is 5. The van der Waals surface area contributed by atoms with Gasteiger partial charge in [0.05, 0.1) is 6.54 Å². The number of hydrogen-bond acceptors (Lipinski definition) is 2. The molecule has 1 aromatic carbocycles. The zero-order valence-corrected chi connectivity index (χ0v) is 12.8. The summed E-state index contributed by atoms with van der Waals surface area (Å²) in [5.74, 6) is 0.170. The SMILES string of the molecule is CN(C(=O)CNCc1ccccc1Cl)C1CCCCC1. The first kappa shape index (κ1) is 15.3. The molecule has 20 heavy (non-hydrogen) atoms. The van der Waals surface area contributed by atoms with Crippen molar-refractivity contribution in [3.8, 4) is 0 Å². The van der Waals surface area contributed by atoms with Crippen LogP contribution in [0.1, 0.15) is 37.7 Å². The third-order valence-electron chi connectivity index (χ3n) is 4.07. The van der Waals surface area contributed by atoms with Crippen molar-refractivity contribution in [1.29, 1.82) is 0 Å². The topological polar surface area (TPSA) is 32.3 Å². The quantitative estimate of drug-likeness (QED) is 0.904. The third-order valence-corrected chi connectivity index (χ3v) is 4.43. The summed E-state index contributed by atoms with van der Waals surface area (Å²) >= 11 is 6.09. The summed E-state index contributed by atoms with van der Waals surface area (Å²) in [7, 11) is 1.93. The number of benzene rings is 1. The van der Waals surface area contributed by atoms with Gasteiger partial charge in [-0.2, -0.15) is 0 Å². The van der Waals surface area contributed by atoms with Crippen LogP contribution in [0.25, 0.3) is 0 Å². The second-order valence-electron chi connectivity index (χ2n) is 5.49. The van der Waals surface area contributed by atoms with E-state index in [4.69, 9.17) is 11.6 Å². The van der Waals surface area contributed by atoms with E-state index in [2.05, 4.69) is 5.32 Å². The van der Waals surface area contributed by atoms with Crippen LogP contribution >= 0.6 is 11.6 Å². The first-order valence-corrected chi connectivity index (χ1v) is 7.76. The standard InChI is InChI=1S/C16H23ClN2O/c1-19(14-8-3-2-4-9-14)16(20)12-18-11-13-7-5-6-10-15(13)17/h5-7,10,14,18H,2-4,8-9,11-12H2,1H3. The van der Waals surface area contributed by atoms with E-state index in [1.165, 1.54) is 19.3 Å². The Balaban J connectivity index is 1.76. The van der Waals surface area contributed by atoms with Crippen LogP contribution in [0.4, 0.5) is 0 Å². The van der Waals surface area contributed by atoms with E-state index in [0.29, 0.717) is 19.1 Å². The maximum Gasteiger partial charge on any atom is 0.236 e. The molecule has 0 atom stereocenters. The minimum Gasteiger partial charge on any atom is -0.342 e. The van der Waals surface area contributed by atoms with Gasteiger partial charge >= 0.3 is 0 Å². The summed E-state index contributed by atoms with van der Waals surface area (Å²) in [5.41, 5.74) is 1.03. The molecule has 0 radical (unpaired) electrons. The van der Waals surface area contributed by atoms with Gasteiger partial charge in [-0.1, -0.05) is 49.1 Å². The van der Waals surface area contributed by atoms with Crippen molar-refractivity contribution in [2.24, 2.45) is 0 Å².